The lowest BCUT2D eigenvalue weighted by molar-refractivity contribution is -0.114. The van der Waals surface area contributed by atoms with Crippen molar-refractivity contribution in [2.24, 2.45) is 0 Å². The molecule has 2 aromatic carbocycles. The third-order valence-corrected chi connectivity index (χ3v) is 7.48. The summed E-state index contributed by atoms with van der Waals surface area (Å²) in [5, 5.41) is 19.9. The van der Waals surface area contributed by atoms with Gasteiger partial charge < -0.3 is 20.4 Å². The Labute approximate surface area is 227 Å². The van der Waals surface area contributed by atoms with Crippen molar-refractivity contribution in [1.29, 1.82) is 5.26 Å². The normalized spacial score (nSPS) is 15.1. The average Bonchev–Trinajstić information content (AvgIpc) is 3.44. The van der Waals surface area contributed by atoms with E-state index >= 15 is 0 Å². The van der Waals surface area contributed by atoms with Gasteiger partial charge in [-0.15, -0.1) is 0 Å². The van der Waals surface area contributed by atoms with Gasteiger partial charge in [-0.2, -0.15) is 5.26 Å². The second kappa shape index (κ2) is 11.9. The number of nitrogens with zero attached hydrogens (tertiary/aromatic N) is 1. The number of allylic oxidation sites excluding steroid dienone is 2. The van der Waals surface area contributed by atoms with Crippen molar-refractivity contribution >= 4 is 35.0 Å². The van der Waals surface area contributed by atoms with Gasteiger partial charge in [0.15, 0.2) is 0 Å². The predicted octanol–water partition coefficient (Wildman–Crippen LogP) is 6.17. The van der Waals surface area contributed by atoms with Crippen molar-refractivity contribution in [1.82, 2.24) is 5.32 Å². The fourth-order valence-electron chi connectivity index (χ4n) is 4.53. The molecule has 0 aliphatic carbocycles. The van der Waals surface area contributed by atoms with Crippen LogP contribution in [0.1, 0.15) is 42.2 Å². The lowest BCUT2D eigenvalue weighted by atomic mass is 9.85. The fourth-order valence-corrected chi connectivity index (χ4v) is 5.43. The third-order valence-electron chi connectivity index (χ3n) is 6.46. The molecule has 38 heavy (non-hydrogen) atoms. The number of amides is 2. The maximum Gasteiger partial charge on any atom is 0.254 e. The third kappa shape index (κ3) is 5.68. The number of rotatable bonds is 8. The Bertz CT molecular complexity index is 1440. The first-order chi connectivity index (χ1) is 18.3. The number of dihydropyridines is 1. The quantitative estimate of drug-likeness (QED) is 0.324. The van der Waals surface area contributed by atoms with Crippen molar-refractivity contribution in [3.8, 4) is 6.07 Å². The van der Waals surface area contributed by atoms with Crippen LogP contribution in [0.5, 0.6) is 0 Å². The summed E-state index contributed by atoms with van der Waals surface area (Å²) in [4.78, 5) is 26.4. The number of thioether (sulfide) groups is 1. The van der Waals surface area contributed by atoms with Gasteiger partial charge in [0.2, 0.25) is 5.91 Å². The number of benzene rings is 2. The zero-order chi connectivity index (χ0) is 27.2. The van der Waals surface area contributed by atoms with Crippen LogP contribution in [0.3, 0.4) is 0 Å². The molecule has 0 fully saturated rings. The minimum atomic E-state index is -0.716. The first-order valence-electron chi connectivity index (χ1n) is 12.4. The van der Waals surface area contributed by atoms with Gasteiger partial charge in [0.05, 0.1) is 40.2 Å². The number of carbonyl (C=O) groups excluding carboxylic acids is 2. The van der Waals surface area contributed by atoms with E-state index in [0.717, 1.165) is 34.5 Å². The largest absolute Gasteiger partial charge is 0.468 e. The van der Waals surface area contributed by atoms with Crippen LogP contribution >= 0.6 is 11.8 Å². The van der Waals surface area contributed by atoms with Gasteiger partial charge in [0.1, 0.15) is 5.76 Å². The molecule has 0 saturated carbocycles. The second-order valence-electron chi connectivity index (χ2n) is 9.04. The highest BCUT2D eigenvalue weighted by Crippen LogP contribution is 2.41. The standard InChI is InChI=1S/C30H30N4O3S/c1-5-21-12-6-7-13-23(21)33-25(35)17-38-30-22(16-31)27(24-14-9-15-37-24)26(20(4)32-30)29(36)34-28-18(2)10-8-11-19(28)3/h6-15,27,32H,5,17H2,1-4H3,(H,33,35)(H,34,36)/t27-/m0/s1. The summed E-state index contributed by atoms with van der Waals surface area (Å²) < 4.78 is 5.69. The van der Waals surface area contributed by atoms with Crippen molar-refractivity contribution in [3.63, 3.8) is 0 Å². The van der Waals surface area contributed by atoms with Gasteiger partial charge in [-0.05, 0) is 62.1 Å². The van der Waals surface area contributed by atoms with Crippen LogP contribution in [-0.4, -0.2) is 17.6 Å². The monoisotopic (exact) mass is 526 g/mol. The molecule has 1 aliphatic heterocycles. The van der Waals surface area contributed by atoms with E-state index in [1.165, 1.54) is 18.0 Å². The van der Waals surface area contributed by atoms with E-state index in [1.807, 2.05) is 63.2 Å². The molecule has 0 spiro atoms. The molecule has 0 saturated heterocycles. The summed E-state index contributed by atoms with van der Waals surface area (Å²) in [6.07, 6.45) is 2.32. The number of hydrogen-bond acceptors (Lipinski definition) is 6. The van der Waals surface area contributed by atoms with Crippen LogP contribution in [0.15, 0.2) is 87.1 Å². The maximum atomic E-state index is 13.6. The number of para-hydroxylation sites is 2. The summed E-state index contributed by atoms with van der Waals surface area (Å²) in [6.45, 7) is 7.70. The Morgan fingerprint density at radius 1 is 1.03 bits per heavy atom. The highest BCUT2D eigenvalue weighted by molar-refractivity contribution is 8.03. The van der Waals surface area contributed by atoms with Crippen molar-refractivity contribution in [2.45, 2.75) is 40.0 Å². The van der Waals surface area contributed by atoms with E-state index in [-0.39, 0.29) is 17.6 Å². The van der Waals surface area contributed by atoms with E-state index in [0.29, 0.717) is 27.6 Å². The molecule has 194 valence electrons. The molecule has 8 heteroatoms. The topological polar surface area (TPSA) is 107 Å². The minimum absolute atomic E-state index is 0.0909. The molecule has 0 unspecified atom stereocenters. The molecular weight excluding hydrogens is 496 g/mol. The Kier molecular flexibility index (Phi) is 8.39. The molecule has 4 rings (SSSR count). The van der Waals surface area contributed by atoms with Crippen LogP contribution < -0.4 is 16.0 Å². The molecule has 3 N–H and O–H groups in total. The maximum absolute atomic E-state index is 13.6. The molecule has 7 nitrogen and oxygen atoms in total. The molecule has 1 aliphatic rings. The first kappa shape index (κ1) is 26.8. The van der Waals surface area contributed by atoms with Gasteiger partial charge in [-0.3, -0.25) is 9.59 Å². The van der Waals surface area contributed by atoms with E-state index < -0.39 is 5.92 Å². The Morgan fingerprint density at radius 2 is 1.76 bits per heavy atom. The van der Waals surface area contributed by atoms with Crippen LogP contribution in [0, 0.1) is 25.2 Å². The van der Waals surface area contributed by atoms with Crippen LogP contribution in [0.4, 0.5) is 11.4 Å². The van der Waals surface area contributed by atoms with Gasteiger partial charge in [0, 0.05) is 17.1 Å². The second-order valence-corrected chi connectivity index (χ2v) is 10.0. The van der Waals surface area contributed by atoms with E-state index in [4.69, 9.17) is 4.42 Å². The number of hydrogen-bond donors (Lipinski definition) is 3. The van der Waals surface area contributed by atoms with E-state index in [2.05, 4.69) is 22.0 Å². The zero-order valence-electron chi connectivity index (χ0n) is 21.8. The Morgan fingerprint density at radius 3 is 2.42 bits per heavy atom. The summed E-state index contributed by atoms with van der Waals surface area (Å²) in [5.41, 5.74) is 5.76. The first-order valence-corrected chi connectivity index (χ1v) is 13.4. The van der Waals surface area contributed by atoms with Gasteiger partial charge in [-0.25, -0.2) is 0 Å². The average molecular weight is 527 g/mol. The Hall–Kier alpha value is -4.22. The summed E-state index contributed by atoms with van der Waals surface area (Å²) in [6, 6.07) is 19.2. The predicted molar refractivity (Wildman–Crippen MR) is 151 cm³/mol. The summed E-state index contributed by atoms with van der Waals surface area (Å²) in [5.74, 6) is -0.648. The number of nitriles is 1. The van der Waals surface area contributed by atoms with E-state index in [9.17, 15) is 14.9 Å². The molecule has 2 heterocycles. The van der Waals surface area contributed by atoms with Crippen LogP contribution in [0.25, 0.3) is 0 Å². The SMILES string of the molecule is CCc1ccccc1NC(=O)CSC1=C(C#N)[C@@H](c2ccco2)C(C(=O)Nc2c(C)cccc2C)=C(C)N1. The lowest BCUT2D eigenvalue weighted by Crippen LogP contribution is -2.31. The molecule has 0 radical (unpaired) electrons. The number of carbonyl (C=O) groups is 2. The molecule has 3 aromatic rings. The molecule has 1 atom stereocenters. The van der Waals surface area contributed by atoms with Gasteiger partial charge in [-0.1, -0.05) is 55.1 Å². The fraction of sp³-hybridized carbons (Fsp3) is 0.233. The van der Waals surface area contributed by atoms with Crippen molar-refractivity contribution in [3.05, 3.63) is 105 Å². The zero-order valence-corrected chi connectivity index (χ0v) is 22.7. The lowest BCUT2D eigenvalue weighted by Gasteiger charge is -2.28. The highest BCUT2D eigenvalue weighted by atomic mass is 32.2. The number of nitrogens with one attached hydrogen (secondary N) is 3. The molecule has 1 aromatic heterocycles. The smallest absolute Gasteiger partial charge is 0.254 e. The van der Waals surface area contributed by atoms with Crippen molar-refractivity contribution < 1.29 is 14.0 Å². The number of furan rings is 1. The number of aryl methyl sites for hydroxylation is 3. The summed E-state index contributed by atoms with van der Waals surface area (Å²) >= 11 is 1.22. The molecular formula is C30H30N4O3S. The summed E-state index contributed by atoms with van der Waals surface area (Å²) in [7, 11) is 0. The molecule has 0 bridgehead atoms. The number of anilines is 2. The van der Waals surface area contributed by atoms with Gasteiger partial charge in [0.25, 0.3) is 5.91 Å². The van der Waals surface area contributed by atoms with E-state index in [1.54, 1.807) is 19.1 Å². The van der Waals surface area contributed by atoms with Crippen LogP contribution in [-0.2, 0) is 16.0 Å². The molecule has 2 amide bonds. The van der Waals surface area contributed by atoms with Crippen molar-refractivity contribution in [2.75, 3.05) is 16.4 Å². The minimum Gasteiger partial charge on any atom is -0.468 e. The Balaban J connectivity index is 1.60. The van der Waals surface area contributed by atoms with Gasteiger partial charge >= 0.3 is 0 Å². The van der Waals surface area contributed by atoms with Crippen LogP contribution in [0.2, 0.25) is 0 Å². The highest BCUT2D eigenvalue weighted by Gasteiger charge is 2.36.